The van der Waals surface area contributed by atoms with Gasteiger partial charge in [-0.25, -0.2) is 8.42 Å². The Hall–Kier alpha value is -2.08. The highest BCUT2D eigenvalue weighted by molar-refractivity contribution is 7.92. The molecule has 19 heavy (non-hydrogen) atoms. The summed E-state index contributed by atoms with van der Waals surface area (Å²) < 4.78 is 26.9. The zero-order valence-electron chi connectivity index (χ0n) is 10.7. The van der Waals surface area contributed by atoms with Crippen molar-refractivity contribution in [2.24, 2.45) is 0 Å². The second-order valence-corrected chi connectivity index (χ2v) is 5.95. The number of anilines is 2. The Balaban J connectivity index is 2.36. The molecule has 0 unspecified atom stereocenters. The molecular formula is C13H15N3O2S. The van der Waals surface area contributed by atoms with Crippen LogP contribution < -0.4 is 10.5 Å². The Morgan fingerprint density at radius 2 is 1.89 bits per heavy atom. The fourth-order valence-electron chi connectivity index (χ4n) is 1.68. The average molecular weight is 277 g/mol. The Bertz CT molecular complexity index is 712. The highest BCUT2D eigenvalue weighted by Crippen LogP contribution is 2.19. The number of hydrogen-bond acceptors (Lipinski definition) is 4. The van der Waals surface area contributed by atoms with Crippen LogP contribution in [0.3, 0.4) is 0 Å². The van der Waals surface area contributed by atoms with Gasteiger partial charge in [-0.1, -0.05) is 6.07 Å². The average Bonchev–Trinajstić information content (AvgIpc) is 2.33. The van der Waals surface area contributed by atoms with E-state index < -0.39 is 10.0 Å². The molecule has 100 valence electrons. The van der Waals surface area contributed by atoms with Crippen molar-refractivity contribution in [3.05, 3.63) is 47.8 Å². The van der Waals surface area contributed by atoms with Crippen molar-refractivity contribution in [1.82, 2.24) is 4.98 Å². The molecule has 1 aromatic carbocycles. The van der Waals surface area contributed by atoms with Gasteiger partial charge in [-0.05, 0) is 44.2 Å². The van der Waals surface area contributed by atoms with E-state index in [-0.39, 0.29) is 4.90 Å². The van der Waals surface area contributed by atoms with Crippen LogP contribution in [0.2, 0.25) is 0 Å². The van der Waals surface area contributed by atoms with Gasteiger partial charge in [0.2, 0.25) is 0 Å². The molecular weight excluding hydrogens is 262 g/mol. The number of rotatable bonds is 3. The van der Waals surface area contributed by atoms with Gasteiger partial charge in [-0.2, -0.15) is 0 Å². The van der Waals surface area contributed by atoms with E-state index in [2.05, 4.69) is 9.71 Å². The summed E-state index contributed by atoms with van der Waals surface area (Å²) >= 11 is 0. The number of nitrogen functional groups attached to an aromatic ring is 1. The molecule has 2 rings (SSSR count). The van der Waals surface area contributed by atoms with E-state index in [1.807, 2.05) is 6.92 Å². The third kappa shape index (κ3) is 3.03. The summed E-state index contributed by atoms with van der Waals surface area (Å²) in [6.07, 6.45) is 0. The molecule has 0 spiro atoms. The lowest BCUT2D eigenvalue weighted by molar-refractivity contribution is 0.601. The largest absolute Gasteiger partial charge is 0.399 e. The van der Waals surface area contributed by atoms with Gasteiger partial charge in [0, 0.05) is 11.4 Å². The topological polar surface area (TPSA) is 85.1 Å². The smallest absolute Gasteiger partial charge is 0.262 e. The van der Waals surface area contributed by atoms with Crippen molar-refractivity contribution in [2.75, 3.05) is 10.5 Å². The number of benzene rings is 1. The Morgan fingerprint density at radius 3 is 2.53 bits per heavy atom. The van der Waals surface area contributed by atoms with E-state index in [1.54, 1.807) is 31.2 Å². The number of pyridine rings is 1. The molecule has 0 saturated carbocycles. The summed E-state index contributed by atoms with van der Waals surface area (Å²) in [4.78, 5) is 4.35. The standard InChI is InChI=1S/C13H15N3O2S/c1-9-6-7-13(10(2)15-9)16-19(17,18)12-5-3-4-11(14)8-12/h3-8,16H,14H2,1-2H3. The van der Waals surface area contributed by atoms with Crippen LogP contribution in [0.15, 0.2) is 41.3 Å². The van der Waals surface area contributed by atoms with Crippen molar-refractivity contribution in [3.8, 4) is 0 Å². The normalized spacial score (nSPS) is 11.3. The first kappa shape index (κ1) is 13.4. The van der Waals surface area contributed by atoms with Gasteiger partial charge in [0.25, 0.3) is 10.0 Å². The van der Waals surface area contributed by atoms with Crippen LogP contribution in [0.4, 0.5) is 11.4 Å². The van der Waals surface area contributed by atoms with Crippen molar-refractivity contribution in [1.29, 1.82) is 0 Å². The highest BCUT2D eigenvalue weighted by Gasteiger charge is 2.15. The molecule has 0 radical (unpaired) electrons. The van der Waals surface area contributed by atoms with Crippen LogP contribution in [-0.4, -0.2) is 13.4 Å². The first-order valence-corrected chi connectivity index (χ1v) is 7.19. The molecule has 0 amide bonds. The lowest BCUT2D eigenvalue weighted by Gasteiger charge is -2.10. The minimum absolute atomic E-state index is 0.132. The van der Waals surface area contributed by atoms with Gasteiger partial charge in [-0.15, -0.1) is 0 Å². The molecule has 3 N–H and O–H groups in total. The Morgan fingerprint density at radius 1 is 1.16 bits per heavy atom. The van der Waals surface area contributed by atoms with Gasteiger partial charge < -0.3 is 5.73 Å². The number of nitrogens with zero attached hydrogens (tertiary/aromatic N) is 1. The third-order valence-corrected chi connectivity index (χ3v) is 4.00. The molecule has 1 heterocycles. The highest BCUT2D eigenvalue weighted by atomic mass is 32.2. The second-order valence-electron chi connectivity index (χ2n) is 4.26. The van der Waals surface area contributed by atoms with E-state index in [0.717, 1.165) is 5.69 Å². The number of aryl methyl sites for hydroxylation is 2. The summed E-state index contributed by atoms with van der Waals surface area (Å²) in [5.41, 5.74) is 7.93. The van der Waals surface area contributed by atoms with E-state index in [1.165, 1.54) is 12.1 Å². The minimum atomic E-state index is -3.64. The SMILES string of the molecule is Cc1ccc(NS(=O)(=O)c2cccc(N)c2)c(C)n1. The number of hydrogen-bond donors (Lipinski definition) is 2. The molecule has 2 aromatic rings. The van der Waals surface area contributed by atoms with E-state index in [4.69, 9.17) is 5.73 Å². The Labute approximate surface area is 112 Å². The lowest BCUT2D eigenvalue weighted by Crippen LogP contribution is -2.14. The van der Waals surface area contributed by atoms with Gasteiger partial charge in [0.1, 0.15) is 0 Å². The molecule has 0 aliphatic heterocycles. The van der Waals surface area contributed by atoms with Gasteiger partial charge in [-0.3, -0.25) is 9.71 Å². The van der Waals surface area contributed by atoms with Crippen LogP contribution in [0.1, 0.15) is 11.4 Å². The molecule has 0 saturated heterocycles. The lowest BCUT2D eigenvalue weighted by atomic mass is 10.3. The maximum atomic E-state index is 12.2. The summed E-state index contributed by atoms with van der Waals surface area (Å²) in [5.74, 6) is 0. The van der Waals surface area contributed by atoms with Crippen molar-refractivity contribution >= 4 is 21.4 Å². The number of nitrogens with two attached hydrogens (primary N) is 1. The molecule has 1 aromatic heterocycles. The molecule has 0 aliphatic rings. The molecule has 0 aliphatic carbocycles. The minimum Gasteiger partial charge on any atom is -0.399 e. The van der Waals surface area contributed by atoms with Gasteiger partial charge >= 0.3 is 0 Å². The van der Waals surface area contributed by atoms with Gasteiger partial charge in [0.05, 0.1) is 16.3 Å². The molecule has 5 nitrogen and oxygen atoms in total. The van der Waals surface area contributed by atoms with Crippen molar-refractivity contribution in [3.63, 3.8) is 0 Å². The van der Waals surface area contributed by atoms with Crippen molar-refractivity contribution < 1.29 is 8.42 Å². The molecule has 6 heteroatoms. The van der Waals surface area contributed by atoms with Crippen LogP contribution in [0.25, 0.3) is 0 Å². The first-order chi connectivity index (χ1) is 8.88. The van der Waals surface area contributed by atoms with Crippen LogP contribution in [-0.2, 0) is 10.0 Å². The maximum Gasteiger partial charge on any atom is 0.262 e. The zero-order valence-corrected chi connectivity index (χ0v) is 11.5. The number of sulfonamides is 1. The molecule has 0 fully saturated rings. The number of aromatic nitrogens is 1. The maximum absolute atomic E-state index is 12.2. The summed E-state index contributed by atoms with van der Waals surface area (Å²) in [6, 6.07) is 9.60. The zero-order chi connectivity index (χ0) is 14.0. The van der Waals surface area contributed by atoms with E-state index in [0.29, 0.717) is 17.1 Å². The third-order valence-electron chi connectivity index (χ3n) is 2.64. The van der Waals surface area contributed by atoms with E-state index in [9.17, 15) is 8.42 Å². The second kappa shape index (κ2) is 4.89. The summed E-state index contributed by atoms with van der Waals surface area (Å²) in [5, 5.41) is 0. The number of nitrogens with one attached hydrogen (secondary N) is 1. The van der Waals surface area contributed by atoms with Crippen molar-refractivity contribution in [2.45, 2.75) is 18.7 Å². The Kier molecular flexibility index (Phi) is 3.44. The van der Waals surface area contributed by atoms with Crippen LogP contribution in [0.5, 0.6) is 0 Å². The van der Waals surface area contributed by atoms with Gasteiger partial charge in [0.15, 0.2) is 0 Å². The predicted molar refractivity (Wildman–Crippen MR) is 75.4 cm³/mol. The van der Waals surface area contributed by atoms with Crippen LogP contribution >= 0.6 is 0 Å². The molecule has 0 atom stereocenters. The quantitative estimate of drug-likeness (QED) is 0.841. The fourth-order valence-corrected chi connectivity index (χ4v) is 2.85. The van der Waals surface area contributed by atoms with Crippen LogP contribution in [0, 0.1) is 13.8 Å². The fraction of sp³-hybridized carbons (Fsp3) is 0.154. The summed E-state index contributed by atoms with van der Waals surface area (Å²) in [6.45, 7) is 3.60. The monoisotopic (exact) mass is 277 g/mol. The molecule has 0 bridgehead atoms. The predicted octanol–water partition coefficient (Wildman–Crippen LogP) is 2.08. The summed E-state index contributed by atoms with van der Waals surface area (Å²) in [7, 11) is -3.64. The first-order valence-electron chi connectivity index (χ1n) is 5.71. The van der Waals surface area contributed by atoms with E-state index >= 15 is 0 Å².